The minimum Gasteiger partial charge on any atom is -0.447 e. The number of nitriles is 1. The number of carbonyl (C=O) groups is 2. The number of amides is 2. The molecule has 1 aromatic carbocycles. The highest BCUT2D eigenvalue weighted by molar-refractivity contribution is 6.10. The van der Waals surface area contributed by atoms with Crippen molar-refractivity contribution in [1.82, 2.24) is 4.57 Å². The highest BCUT2D eigenvalue weighted by Crippen LogP contribution is 2.21. The molecule has 2 rings (SSSR count). The van der Waals surface area contributed by atoms with Crippen molar-refractivity contribution >= 4 is 29.5 Å². The Labute approximate surface area is 188 Å². The maximum absolute atomic E-state index is 12.7. The second-order valence-electron chi connectivity index (χ2n) is 7.79. The molecule has 8 heteroatoms. The molecule has 0 bridgehead atoms. The molecule has 2 amide bonds. The van der Waals surface area contributed by atoms with Crippen molar-refractivity contribution in [2.45, 2.75) is 34.2 Å². The SMILES string of the molecule is COCCOC(=O)Nc1cccc(NC(=O)/C(C#N)=C\c2cc(C)n(CC(C)C)c2C)c1. The zero-order chi connectivity index (χ0) is 23.7. The van der Waals surface area contributed by atoms with Gasteiger partial charge < -0.3 is 19.4 Å². The van der Waals surface area contributed by atoms with Crippen LogP contribution in [0.3, 0.4) is 0 Å². The van der Waals surface area contributed by atoms with E-state index in [4.69, 9.17) is 9.47 Å². The molecule has 0 saturated carbocycles. The first-order chi connectivity index (χ1) is 15.2. The number of ether oxygens (including phenoxy) is 2. The average Bonchev–Trinajstić information content (AvgIpc) is 2.99. The Kier molecular flexibility index (Phi) is 9.05. The number of nitrogens with zero attached hydrogens (tertiary/aromatic N) is 2. The van der Waals surface area contributed by atoms with E-state index in [1.807, 2.05) is 26.0 Å². The van der Waals surface area contributed by atoms with E-state index in [2.05, 4.69) is 29.0 Å². The number of carbonyl (C=O) groups excluding carboxylic acids is 2. The zero-order valence-electron chi connectivity index (χ0n) is 19.2. The van der Waals surface area contributed by atoms with Gasteiger partial charge in [0.25, 0.3) is 5.91 Å². The molecule has 170 valence electrons. The van der Waals surface area contributed by atoms with Gasteiger partial charge in [-0.15, -0.1) is 0 Å². The van der Waals surface area contributed by atoms with Crippen molar-refractivity contribution < 1.29 is 19.1 Å². The van der Waals surface area contributed by atoms with E-state index >= 15 is 0 Å². The second kappa shape index (κ2) is 11.7. The number of anilines is 2. The van der Waals surface area contributed by atoms with Crippen LogP contribution in [0.4, 0.5) is 16.2 Å². The van der Waals surface area contributed by atoms with Crippen LogP contribution < -0.4 is 10.6 Å². The minimum atomic E-state index is -0.625. The third-order valence-electron chi connectivity index (χ3n) is 4.71. The summed E-state index contributed by atoms with van der Waals surface area (Å²) in [5, 5.41) is 14.8. The molecule has 1 heterocycles. The van der Waals surface area contributed by atoms with Gasteiger partial charge in [-0.3, -0.25) is 10.1 Å². The van der Waals surface area contributed by atoms with Gasteiger partial charge in [-0.05, 0) is 55.7 Å². The molecular weight excluding hydrogens is 408 g/mol. The van der Waals surface area contributed by atoms with E-state index in [0.29, 0.717) is 23.9 Å². The first-order valence-electron chi connectivity index (χ1n) is 10.4. The number of aryl methyl sites for hydroxylation is 1. The van der Waals surface area contributed by atoms with Crippen LogP contribution in [0.5, 0.6) is 0 Å². The fourth-order valence-electron chi connectivity index (χ4n) is 3.17. The summed E-state index contributed by atoms with van der Waals surface area (Å²) in [6, 6.07) is 10.5. The quantitative estimate of drug-likeness (QED) is 0.341. The maximum atomic E-state index is 12.7. The number of methoxy groups -OCH3 is 1. The molecule has 2 N–H and O–H groups in total. The zero-order valence-corrected chi connectivity index (χ0v) is 19.2. The predicted octanol–water partition coefficient (Wildman–Crippen LogP) is 4.50. The largest absolute Gasteiger partial charge is 0.447 e. The lowest BCUT2D eigenvalue weighted by Gasteiger charge is -2.12. The monoisotopic (exact) mass is 438 g/mol. The molecule has 2 aromatic rings. The van der Waals surface area contributed by atoms with E-state index in [1.54, 1.807) is 30.3 Å². The number of hydrogen-bond donors (Lipinski definition) is 2. The molecule has 0 radical (unpaired) electrons. The van der Waals surface area contributed by atoms with Crippen LogP contribution in [0, 0.1) is 31.1 Å². The first-order valence-corrected chi connectivity index (χ1v) is 10.4. The molecule has 0 spiro atoms. The standard InChI is InChI=1S/C24H30N4O4/c1-16(2)15-28-17(3)11-19(18(28)4)12-20(14-25)23(29)26-21-7-6-8-22(13-21)27-24(30)32-10-9-31-5/h6-8,11-13,16H,9-10,15H2,1-5H3,(H,26,29)(H,27,30)/b20-12-. The average molecular weight is 439 g/mol. The number of benzene rings is 1. The number of aromatic nitrogens is 1. The van der Waals surface area contributed by atoms with Crippen molar-refractivity contribution in [3.8, 4) is 6.07 Å². The molecule has 1 aromatic heterocycles. The Morgan fingerprint density at radius 1 is 1.16 bits per heavy atom. The highest BCUT2D eigenvalue weighted by Gasteiger charge is 2.14. The molecule has 0 unspecified atom stereocenters. The van der Waals surface area contributed by atoms with E-state index in [-0.39, 0.29) is 12.2 Å². The van der Waals surface area contributed by atoms with Crippen LogP contribution in [0.15, 0.2) is 35.9 Å². The fraction of sp³-hybridized carbons (Fsp3) is 0.375. The number of hydrogen-bond acceptors (Lipinski definition) is 5. The van der Waals surface area contributed by atoms with Crippen LogP contribution in [-0.2, 0) is 20.8 Å². The third-order valence-corrected chi connectivity index (χ3v) is 4.71. The summed E-state index contributed by atoms with van der Waals surface area (Å²) >= 11 is 0. The van der Waals surface area contributed by atoms with Gasteiger partial charge in [0, 0.05) is 36.4 Å². The molecule has 32 heavy (non-hydrogen) atoms. The van der Waals surface area contributed by atoms with Gasteiger partial charge in [0.15, 0.2) is 0 Å². The third kappa shape index (κ3) is 7.00. The van der Waals surface area contributed by atoms with Crippen molar-refractivity contribution in [2.24, 2.45) is 5.92 Å². The van der Waals surface area contributed by atoms with Gasteiger partial charge in [-0.25, -0.2) is 4.79 Å². The summed E-state index contributed by atoms with van der Waals surface area (Å²) in [6.45, 7) is 9.58. The lowest BCUT2D eigenvalue weighted by atomic mass is 10.1. The Bertz CT molecular complexity index is 1030. The normalized spacial score (nSPS) is 11.2. The molecule has 0 aliphatic heterocycles. The van der Waals surface area contributed by atoms with E-state index in [0.717, 1.165) is 23.5 Å². The van der Waals surface area contributed by atoms with E-state index in [1.165, 1.54) is 7.11 Å². The Morgan fingerprint density at radius 3 is 2.47 bits per heavy atom. The van der Waals surface area contributed by atoms with Gasteiger partial charge in [-0.1, -0.05) is 19.9 Å². The smallest absolute Gasteiger partial charge is 0.411 e. The van der Waals surface area contributed by atoms with Gasteiger partial charge in [0.2, 0.25) is 0 Å². The first kappa shape index (κ1) is 24.7. The topological polar surface area (TPSA) is 105 Å². The highest BCUT2D eigenvalue weighted by atomic mass is 16.6. The molecular formula is C24H30N4O4. The summed E-state index contributed by atoms with van der Waals surface area (Å²) in [4.78, 5) is 24.5. The summed E-state index contributed by atoms with van der Waals surface area (Å²) in [5.74, 6) is -0.0468. The molecule has 0 aliphatic rings. The van der Waals surface area contributed by atoms with Gasteiger partial charge in [-0.2, -0.15) is 5.26 Å². The van der Waals surface area contributed by atoms with E-state index < -0.39 is 12.0 Å². The predicted molar refractivity (Wildman–Crippen MR) is 124 cm³/mol. The van der Waals surface area contributed by atoms with Crippen molar-refractivity contribution in [1.29, 1.82) is 5.26 Å². The van der Waals surface area contributed by atoms with E-state index in [9.17, 15) is 14.9 Å². The molecule has 0 atom stereocenters. The van der Waals surface area contributed by atoms with Crippen LogP contribution in [-0.4, -0.2) is 36.9 Å². The lowest BCUT2D eigenvalue weighted by Crippen LogP contribution is -2.17. The lowest BCUT2D eigenvalue weighted by molar-refractivity contribution is -0.112. The van der Waals surface area contributed by atoms with Crippen LogP contribution in [0.25, 0.3) is 6.08 Å². The molecule has 0 saturated heterocycles. The van der Waals surface area contributed by atoms with Crippen molar-refractivity contribution in [3.05, 3.63) is 52.9 Å². The van der Waals surface area contributed by atoms with Crippen molar-refractivity contribution in [2.75, 3.05) is 31.0 Å². The van der Waals surface area contributed by atoms with Crippen LogP contribution in [0.2, 0.25) is 0 Å². The Balaban J connectivity index is 2.13. The Hall–Kier alpha value is -3.57. The maximum Gasteiger partial charge on any atom is 0.411 e. The molecule has 0 fully saturated rings. The summed E-state index contributed by atoms with van der Waals surface area (Å²) < 4.78 is 12.0. The summed E-state index contributed by atoms with van der Waals surface area (Å²) in [5.41, 5.74) is 3.81. The number of rotatable bonds is 9. The van der Waals surface area contributed by atoms with Crippen LogP contribution in [0.1, 0.15) is 30.8 Å². The molecule has 8 nitrogen and oxygen atoms in total. The molecule has 0 aliphatic carbocycles. The van der Waals surface area contributed by atoms with Crippen LogP contribution >= 0.6 is 0 Å². The fourth-order valence-corrected chi connectivity index (χ4v) is 3.17. The van der Waals surface area contributed by atoms with Crippen molar-refractivity contribution in [3.63, 3.8) is 0 Å². The summed E-state index contributed by atoms with van der Waals surface area (Å²) in [6.07, 6.45) is 0.976. The second-order valence-corrected chi connectivity index (χ2v) is 7.79. The van der Waals surface area contributed by atoms with Gasteiger partial charge in [0.1, 0.15) is 18.2 Å². The number of nitrogens with one attached hydrogen (secondary N) is 2. The summed E-state index contributed by atoms with van der Waals surface area (Å²) in [7, 11) is 1.51. The Morgan fingerprint density at radius 2 is 1.84 bits per heavy atom. The van der Waals surface area contributed by atoms with Gasteiger partial charge >= 0.3 is 6.09 Å². The van der Waals surface area contributed by atoms with Gasteiger partial charge in [0.05, 0.1) is 6.61 Å². The minimum absolute atomic E-state index is 0.00728.